The van der Waals surface area contributed by atoms with Crippen LogP contribution in [0.3, 0.4) is 0 Å². The summed E-state index contributed by atoms with van der Waals surface area (Å²) < 4.78 is 0. The molecule has 0 N–H and O–H groups in total. The Bertz CT molecular complexity index is 482. The highest BCUT2D eigenvalue weighted by Gasteiger charge is 2.36. The van der Waals surface area contributed by atoms with Crippen LogP contribution in [-0.2, 0) is 9.59 Å². The molecule has 0 aromatic heterocycles. The number of aryl methyl sites for hydroxylation is 1. The molecule has 2 amide bonds. The molecule has 1 aromatic carbocycles. The van der Waals surface area contributed by atoms with E-state index < -0.39 is 0 Å². The Hall–Kier alpha value is -1.84. The average Bonchev–Trinajstić information content (AvgIpc) is 2.71. The third-order valence-electron chi connectivity index (χ3n) is 3.32. The van der Waals surface area contributed by atoms with E-state index in [-0.39, 0.29) is 17.7 Å². The van der Waals surface area contributed by atoms with Crippen molar-refractivity contribution in [1.29, 1.82) is 0 Å². The molecule has 1 aliphatic rings. The maximum absolute atomic E-state index is 12.0. The van der Waals surface area contributed by atoms with Gasteiger partial charge in [-0.3, -0.25) is 9.59 Å². The van der Waals surface area contributed by atoms with Crippen molar-refractivity contribution in [2.24, 2.45) is 5.92 Å². The van der Waals surface area contributed by atoms with Gasteiger partial charge in [-0.05, 0) is 18.6 Å². The highest BCUT2D eigenvalue weighted by Crippen LogP contribution is 2.28. The van der Waals surface area contributed by atoms with Gasteiger partial charge in [-0.2, -0.15) is 0 Å². The second-order valence-electron chi connectivity index (χ2n) is 4.92. The van der Waals surface area contributed by atoms with Crippen LogP contribution in [0.1, 0.15) is 12.0 Å². The van der Waals surface area contributed by atoms with Gasteiger partial charge >= 0.3 is 0 Å². The number of amides is 2. The molecule has 1 aliphatic heterocycles. The lowest BCUT2D eigenvalue weighted by Gasteiger charge is -2.20. The van der Waals surface area contributed by atoms with E-state index in [1.807, 2.05) is 31.2 Å². The Morgan fingerprint density at radius 2 is 2.00 bits per heavy atom. The molecule has 0 saturated carbocycles. The summed E-state index contributed by atoms with van der Waals surface area (Å²) in [5.74, 6) is -0.156. The smallest absolute Gasteiger partial charge is 0.227 e. The summed E-state index contributed by atoms with van der Waals surface area (Å²) in [6.45, 7) is 2.46. The lowest BCUT2D eigenvalue weighted by Crippen LogP contribution is -2.32. The first-order valence-corrected chi connectivity index (χ1v) is 6.08. The molecular formula is C14H18N2O2. The molecule has 0 bridgehead atoms. The summed E-state index contributed by atoms with van der Waals surface area (Å²) in [5, 5.41) is 0. The topological polar surface area (TPSA) is 40.6 Å². The Balaban J connectivity index is 2.20. The Kier molecular flexibility index (Phi) is 3.36. The van der Waals surface area contributed by atoms with Crippen LogP contribution in [0.15, 0.2) is 24.3 Å². The van der Waals surface area contributed by atoms with E-state index in [9.17, 15) is 9.59 Å². The van der Waals surface area contributed by atoms with Crippen molar-refractivity contribution < 1.29 is 9.59 Å². The SMILES string of the molecule is Cc1ccccc1N1C[C@H](C(=O)N(C)C)CC1=O. The van der Waals surface area contributed by atoms with Crippen molar-refractivity contribution in [3.8, 4) is 0 Å². The van der Waals surface area contributed by atoms with Gasteiger partial charge in [0, 0.05) is 32.7 Å². The molecule has 1 atom stereocenters. The van der Waals surface area contributed by atoms with Crippen LogP contribution in [0.5, 0.6) is 0 Å². The number of nitrogens with zero attached hydrogens (tertiary/aromatic N) is 2. The van der Waals surface area contributed by atoms with Crippen molar-refractivity contribution in [1.82, 2.24) is 4.90 Å². The van der Waals surface area contributed by atoms with E-state index >= 15 is 0 Å². The maximum atomic E-state index is 12.0. The van der Waals surface area contributed by atoms with Crippen molar-refractivity contribution in [2.75, 3.05) is 25.5 Å². The van der Waals surface area contributed by atoms with Crippen molar-refractivity contribution >= 4 is 17.5 Å². The molecule has 1 saturated heterocycles. The first kappa shape index (κ1) is 12.6. The predicted octanol–water partition coefficient (Wildman–Crippen LogP) is 1.44. The molecule has 4 heteroatoms. The van der Waals surface area contributed by atoms with Crippen LogP contribution in [0.2, 0.25) is 0 Å². The predicted molar refractivity (Wildman–Crippen MR) is 70.3 cm³/mol. The zero-order chi connectivity index (χ0) is 13.3. The fourth-order valence-electron chi connectivity index (χ4n) is 2.34. The van der Waals surface area contributed by atoms with Crippen molar-refractivity contribution in [2.45, 2.75) is 13.3 Å². The third-order valence-corrected chi connectivity index (χ3v) is 3.32. The zero-order valence-electron chi connectivity index (χ0n) is 11.0. The van der Waals surface area contributed by atoms with E-state index in [1.165, 1.54) is 0 Å². The highest BCUT2D eigenvalue weighted by atomic mass is 16.2. The van der Waals surface area contributed by atoms with Gasteiger partial charge in [0.15, 0.2) is 0 Å². The second-order valence-corrected chi connectivity index (χ2v) is 4.92. The molecule has 0 aliphatic carbocycles. The van der Waals surface area contributed by atoms with E-state index in [0.717, 1.165) is 11.3 Å². The Labute approximate surface area is 107 Å². The number of rotatable bonds is 2. The highest BCUT2D eigenvalue weighted by molar-refractivity contribution is 6.00. The summed E-state index contributed by atoms with van der Waals surface area (Å²) in [7, 11) is 3.45. The fourth-order valence-corrected chi connectivity index (χ4v) is 2.34. The molecule has 96 valence electrons. The molecule has 1 heterocycles. The lowest BCUT2D eigenvalue weighted by atomic mass is 10.1. The molecule has 0 spiro atoms. The Morgan fingerprint density at radius 3 is 2.61 bits per heavy atom. The number of carbonyl (C=O) groups is 2. The Morgan fingerprint density at radius 1 is 1.33 bits per heavy atom. The molecule has 4 nitrogen and oxygen atoms in total. The van der Waals surface area contributed by atoms with Gasteiger partial charge in [-0.15, -0.1) is 0 Å². The monoisotopic (exact) mass is 246 g/mol. The van der Waals surface area contributed by atoms with Crippen LogP contribution in [0, 0.1) is 12.8 Å². The number of para-hydroxylation sites is 1. The number of anilines is 1. The first-order valence-electron chi connectivity index (χ1n) is 6.08. The normalized spacial score (nSPS) is 19.2. The minimum Gasteiger partial charge on any atom is -0.349 e. The van der Waals surface area contributed by atoms with Crippen molar-refractivity contribution in [3.05, 3.63) is 29.8 Å². The van der Waals surface area contributed by atoms with Crippen LogP contribution in [0.25, 0.3) is 0 Å². The van der Waals surface area contributed by atoms with Crippen LogP contribution in [-0.4, -0.2) is 37.4 Å². The number of hydrogen-bond donors (Lipinski definition) is 0. The molecular weight excluding hydrogens is 228 g/mol. The van der Waals surface area contributed by atoms with Crippen LogP contribution >= 0.6 is 0 Å². The number of hydrogen-bond acceptors (Lipinski definition) is 2. The standard InChI is InChI=1S/C14H18N2O2/c1-10-6-4-5-7-12(10)16-9-11(8-13(16)17)14(18)15(2)3/h4-7,11H,8-9H2,1-3H3/t11-/m1/s1. The average molecular weight is 246 g/mol. The first-order chi connectivity index (χ1) is 8.50. The molecule has 18 heavy (non-hydrogen) atoms. The molecule has 2 rings (SSSR count). The van der Waals surface area contributed by atoms with Gasteiger partial charge in [0.1, 0.15) is 0 Å². The molecule has 1 aromatic rings. The minimum absolute atomic E-state index is 0.0273. The van der Waals surface area contributed by atoms with E-state index in [2.05, 4.69) is 0 Å². The van der Waals surface area contributed by atoms with Crippen LogP contribution in [0.4, 0.5) is 5.69 Å². The third kappa shape index (κ3) is 2.23. The van der Waals surface area contributed by atoms with Gasteiger partial charge in [0.25, 0.3) is 0 Å². The molecule has 0 radical (unpaired) electrons. The largest absolute Gasteiger partial charge is 0.349 e. The maximum Gasteiger partial charge on any atom is 0.227 e. The number of carbonyl (C=O) groups excluding carboxylic acids is 2. The quantitative estimate of drug-likeness (QED) is 0.792. The molecule has 0 unspecified atom stereocenters. The van der Waals surface area contributed by atoms with Gasteiger partial charge < -0.3 is 9.80 Å². The van der Waals surface area contributed by atoms with Crippen LogP contribution < -0.4 is 4.90 Å². The fraction of sp³-hybridized carbons (Fsp3) is 0.429. The summed E-state index contributed by atoms with van der Waals surface area (Å²) in [4.78, 5) is 27.2. The summed E-state index contributed by atoms with van der Waals surface area (Å²) in [6.07, 6.45) is 0.311. The lowest BCUT2D eigenvalue weighted by molar-refractivity contribution is -0.133. The van der Waals surface area contributed by atoms with Gasteiger partial charge in [0.05, 0.1) is 5.92 Å². The van der Waals surface area contributed by atoms with E-state index in [0.29, 0.717) is 13.0 Å². The summed E-state index contributed by atoms with van der Waals surface area (Å²) in [6, 6.07) is 7.76. The van der Waals surface area contributed by atoms with Crippen molar-refractivity contribution in [3.63, 3.8) is 0 Å². The summed E-state index contributed by atoms with van der Waals surface area (Å²) >= 11 is 0. The van der Waals surface area contributed by atoms with E-state index in [4.69, 9.17) is 0 Å². The molecule has 1 fully saturated rings. The second kappa shape index (κ2) is 4.80. The zero-order valence-corrected chi connectivity index (χ0v) is 11.0. The van der Waals surface area contributed by atoms with Gasteiger partial charge in [-0.25, -0.2) is 0 Å². The van der Waals surface area contributed by atoms with E-state index in [1.54, 1.807) is 23.9 Å². The summed E-state index contributed by atoms with van der Waals surface area (Å²) in [5.41, 5.74) is 1.97. The van der Waals surface area contributed by atoms with Gasteiger partial charge in [-0.1, -0.05) is 18.2 Å². The minimum atomic E-state index is -0.216. The number of benzene rings is 1. The van der Waals surface area contributed by atoms with Gasteiger partial charge in [0.2, 0.25) is 11.8 Å².